The SMILES string of the molecule is Cc1cccc(Oc2ccc(NC(=O)/C=C/c3c(C)nn(Cc4ccccc4)c3Cl)cc2)c1. The molecule has 166 valence electrons. The topological polar surface area (TPSA) is 56.1 Å². The van der Waals surface area contributed by atoms with Crippen molar-refractivity contribution in [2.45, 2.75) is 20.4 Å². The third-order valence-corrected chi connectivity index (χ3v) is 5.43. The van der Waals surface area contributed by atoms with Crippen molar-refractivity contribution in [2.75, 3.05) is 5.32 Å². The molecule has 0 aliphatic carbocycles. The minimum atomic E-state index is -0.256. The molecule has 0 bridgehead atoms. The number of amides is 1. The standard InChI is InChI=1S/C27H24ClN3O2/c1-19-7-6-10-24(17-19)33-23-13-11-22(12-14-23)29-26(32)16-15-25-20(2)30-31(27(25)28)18-21-8-4-3-5-9-21/h3-17H,18H2,1-2H3,(H,29,32)/b16-15+. The number of halogens is 1. The van der Waals surface area contributed by atoms with E-state index in [1.165, 1.54) is 6.08 Å². The van der Waals surface area contributed by atoms with Gasteiger partial charge in [0, 0.05) is 17.3 Å². The van der Waals surface area contributed by atoms with Gasteiger partial charge in [-0.15, -0.1) is 0 Å². The maximum absolute atomic E-state index is 12.4. The number of benzene rings is 3. The maximum Gasteiger partial charge on any atom is 0.248 e. The van der Waals surface area contributed by atoms with Crippen molar-refractivity contribution in [1.82, 2.24) is 9.78 Å². The van der Waals surface area contributed by atoms with E-state index >= 15 is 0 Å². The molecule has 0 saturated carbocycles. The minimum Gasteiger partial charge on any atom is -0.457 e. The van der Waals surface area contributed by atoms with Gasteiger partial charge < -0.3 is 10.1 Å². The highest BCUT2D eigenvalue weighted by molar-refractivity contribution is 6.31. The molecule has 0 unspecified atom stereocenters. The molecule has 0 aliphatic heterocycles. The maximum atomic E-state index is 12.4. The summed E-state index contributed by atoms with van der Waals surface area (Å²) in [6.45, 7) is 4.46. The van der Waals surface area contributed by atoms with Crippen LogP contribution in [0.1, 0.15) is 22.4 Å². The van der Waals surface area contributed by atoms with Gasteiger partial charge in [-0.1, -0.05) is 54.1 Å². The van der Waals surface area contributed by atoms with E-state index in [1.807, 2.05) is 80.6 Å². The Morgan fingerprint density at radius 2 is 1.76 bits per heavy atom. The Labute approximate surface area is 198 Å². The Morgan fingerprint density at radius 1 is 1.00 bits per heavy atom. The summed E-state index contributed by atoms with van der Waals surface area (Å²) in [5.41, 5.74) is 4.39. The van der Waals surface area contributed by atoms with Crippen molar-refractivity contribution in [3.63, 3.8) is 0 Å². The fourth-order valence-corrected chi connectivity index (χ4v) is 3.68. The zero-order valence-corrected chi connectivity index (χ0v) is 19.2. The highest BCUT2D eigenvalue weighted by atomic mass is 35.5. The summed E-state index contributed by atoms with van der Waals surface area (Å²) < 4.78 is 7.58. The van der Waals surface area contributed by atoms with Gasteiger partial charge >= 0.3 is 0 Å². The first kappa shape index (κ1) is 22.4. The lowest BCUT2D eigenvalue weighted by Crippen LogP contribution is -2.07. The van der Waals surface area contributed by atoms with E-state index in [0.29, 0.717) is 23.1 Å². The van der Waals surface area contributed by atoms with E-state index < -0.39 is 0 Å². The van der Waals surface area contributed by atoms with Crippen molar-refractivity contribution >= 4 is 29.3 Å². The number of carbonyl (C=O) groups is 1. The number of rotatable bonds is 7. The van der Waals surface area contributed by atoms with Crippen molar-refractivity contribution in [3.8, 4) is 11.5 Å². The van der Waals surface area contributed by atoms with E-state index in [-0.39, 0.29) is 5.91 Å². The second-order valence-corrected chi connectivity index (χ2v) is 8.06. The lowest BCUT2D eigenvalue weighted by atomic mass is 10.2. The van der Waals surface area contributed by atoms with Crippen LogP contribution in [0, 0.1) is 13.8 Å². The van der Waals surface area contributed by atoms with Gasteiger partial charge in [0.1, 0.15) is 16.7 Å². The summed E-state index contributed by atoms with van der Waals surface area (Å²) in [6.07, 6.45) is 3.15. The van der Waals surface area contributed by atoms with Gasteiger partial charge in [0.05, 0.1) is 12.2 Å². The third kappa shape index (κ3) is 5.90. The van der Waals surface area contributed by atoms with E-state index in [9.17, 15) is 4.79 Å². The van der Waals surface area contributed by atoms with E-state index in [1.54, 1.807) is 22.9 Å². The number of nitrogens with zero attached hydrogens (tertiary/aromatic N) is 2. The van der Waals surface area contributed by atoms with Crippen LogP contribution in [0.15, 0.2) is 84.9 Å². The predicted octanol–water partition coefficient (Wildman–Crippen LogP) is 6.65. The molecule has 3 aromatic carbocycles. The fourth-order valence-electron chi connectivity index (χ4n) is 3.38. The Balaban J connectivity index is 1.38. The Bertz CT molecular complexity index is 1280. The van der Waals surface area contributed by atoms with Gasteiger partial charge in [-0.25, -0.2) is 4.68 Å². The Morgan fingerprint density at radius 3 is 2.48 bits per heavy atom. The predicted molar refractivity (Wildman–Crippen MR) is 133 cm³/mol. The molecular formula is C27H24ClN3O2. The highest BCUT2D eigenvalue weighted by Gasteiger charge is 2.12. The molecule has 5 nitrogen and oxygen atoms in total. The quantitative estimate of drug-likeness (QED) is 0.316. The van der Waals surface area contributed by atoms with Crippen LogP contribution in [-0.4, -0.2) is 15.7 Å². The summed E-state index contributed by atoms with van der Waals surface area (Å²) in [7, 11) is 0. The fraction of sp³-hybridized carbons (Fsp3) is 0.111. The molecular weight excluding hydrogens is 434 g/mol. The summed E-state index contributed by atoms with van der Waals surface area (Å²) >= 11 is 6.52. The number of carbonyl (C=O) groups excluding carboxylic acids is 1. The molecule has 0 atom stereocenters. The zero-order chi connectivity index (χ0) is 23.2. The zero-order valence-electron chi connectivity index (χ0n) is 18.5. The molecule has 0 aliphatic rings. The molecule has 0 radical (unpaired) electrons. The molecule has 1 aromatic heterocycles. The molecule has 0 spiro atoms. The third-order valence-electron chi connectivity index (χ3n) is 5.03. The van der Waals surface area contributed by atoms with Crippen LogP contribution in [0.25, 0.3) is 6.08 Å². The van der Waals surface area contributed by atoms with Crippen LogP contribution in [0.5, 0.6) is 11.5 Å². The van der Waals surface area contributed by atoms with Gasteiger partial charge in [0.15, 0.2) is 0 Å². The molecule has 1 amide bonds. The average molecular weight is 458 g/mol. The van der Waals surface area contributed by atoms with Crippen molar-refractivity contribution in [3.05, 3.63) is 112 Å². The summed E-state index contributed by atoms with van der Waals surface area (Å²) in [5, 5.41) is 7.85. The van der Waals surface area contributed by atoms with E-state index in [2.05, 4.69) is 10.4 Å². The minimum absolute atomic E-state index is 0.256. The Kier molecular flexibility index (Phi) is 6.91. The van der Waals surface area contributed by atoms with Crippen molar-refractivity contribution < 1.29 is 9.53 Å². The van der Waals surface area contributed by atoms with Crippen LogP contribution in [-0.2, 0) is 11.3 Å². The lowest BCUT2D eigenvalue weighted by Gasteiger charge is -2.08. The first-order valence-corrected chi connectivity index (χ1v) is 11.0. The second kappa shape index (κ2) is 10.2. The number of nitrogens with one attached hydrogen (secondary N) is 1. The molecule has 0 fully saturated rings. The lowest BCUT2D eigenvalue weighted by molar-refractivity contribution is -0.111. The number of anilines is 1. The largest absolute Gasteiger partial charge is 0.457 e. The smallest absolute Gasteiger partial charge is 0.248 e. The summed E-state index contributed by atoms with van der Waals surface area (Å²) in [6, 6.07) is 25.0. The first-order chi connectivity index (χ1) is 16.0. The number of hydrogen-bond donors (Lipinski definition) is 1. The Hall–Kier alpha value is -3.83. The monoisotopic (exact) mass is 457 g/mol. The van der Waals surface area contributed by atoms with Gasteiger partial charge in [0.25, 0.3) is 0 Å². The number of aromatic nitrogens is 2. The van der Waals surface area contributed by atoms with Crippen LogP contribution in [0.2, 0.25) is 5.15 Å². The van der Waals surface area contributed by atoms with Crippen LogP contribution in [0.4, 0.5) is 5.69 Å². The van der Waals surface area contributed by atoms with Crippen LogP contribution >= 0.6 is 11.6 Å². The molecule has 0 saturated heterocycles. The first-order valence-electron chi connectivity index (χ1n) is 10.6. The van der Waals surface area contributed by atoms with Crippen molar-refractivity contribution in [2.24, 2.45) is 0 Å². The number of aryl methyl sites for hydroxylation is 2. The molecule has 33 heavy (non-hydrogen) atoms. The molecule has 4 rings (SSSR count). The average Bonchev–Trinajstić information content (AvgIpc) is 3.06. The van der Waals surface area contributed by atoms with Crippen molar-refractivity contribution in [1.29, 1.82) is 0 Å². The van der Waals surface area contributed by atoms with E-state index in [4.69, 9.17) is 16.3 Å². The normalized spacial score (nSPS) is 11.0. The van der Waals surface area contributed by atoms with Gasteiger partial charge in [0.2, 0.25) is 5.91 Å². The number of ether oxygens (including phenoxy) is 1. The van der Waals surface area contributed by atoms with Gasteiger partial charge in [-0.3, -0.25) is 4.79 Å². The summed E-state index contributed by atoms with van der Waals surface area (Å²) in [4.78, 5) is 12.4. The van der Waals surface area contributed by atoms with Crippen LogP contribution < -0.4 is 10.1 Å². The molecule has 4 aromatic rings. The number of hydrogen-bond acceptors (Lipinski definition) is 3. The highest BCUT2D eigenvalue weighted by Crippen LogP contribution is 2.24. The second-order valence-electron chi connectivity index (χ2n) is 7.70. The summed E-state index contributed by atoms with van der Waals surface area (Å²) in [5.74, 6) is 1.21. The molecule has 1 heterocycles. The van der Waals surface area contributed by atoms with E-state index in [0.717, 1.165) is 28.1 Å². The molecule has 6 heteroatoms. The van der Waals surface area contributed by atoms with Gasteiger partial charge in [-0.2, -0.15) is 5.10 Å². The van der Waals surface area contributed by atoms with Gasteiger partial charge in [-0.05, 0) is 67.4 Å². The molecule has 1 N–H and O–H groups in total. The van der Waals surface area contributed by atoms with Crippen LogP contribution in [0.3, 0.4) is 0 Å².